The fraction of sp³-hybridized carbons (Fsp3) is 0.562. The van der Waals surface area contributed by atoms with Crippen molar-refractivity contribution in [3.8, 4) is 0 Å². The Bertz CT molecular complexity index is 620. The van der Waals surface area contributed by atoms with Gasteiger partial charge in [-0.25, -0.2) is 0 Å². The topological polar surface area (TPSA) is 60.2 Å². The van der Waals surface area contributed by atoms with Crippen LogP contribution in [0.15, 0.2) is 29.2 Å². The van der Waals surface area contributed by atoms with Crippen molar-refractivity contribution in [2.75, 3.05) is 11.1 Å². The fourth-order valence-corrected chi connectivity index (χ4v) is 6.42. The van der Waals surface area contributed by atoms with Crippen LogP contribution in [0.1, 0.15) is 26.2 Å². The zero-order valence-electron chi connectivity index (χ0n) is 12.4. The molecule has 0 saturated heterocycles. The Balaban J connectivity index is 1.77. The minimum absolute atomic E-state index is 0.0395. The Morgan fingerprint density at radius 3 is 2.64 bits per heavy atom. The number of carbonyl (C=O) groups excluding carboxylic acids is 1. The number of hydrogen-bond donors (Lipinski definition) is 0. The van der Waals surface area contributed by atoms with E-state index in [9.17, 15) is 14.9 Å². The van der Waals surface area contributed by atoms with Crippen molar-refractivity contribution < 1.29 is 9.72 Å². The quantitative estimate of drug-likeness (QED) is 0.326. The number of thioether (sulfide) groups is 1. The maximum Gasteiger partial charge on any atom is 0.269 e. The third-order valence-electron chi connectivity index (χ3n) is 5.69. The minimum atomic E-state index is -0.392. The first-order valence-electron chi connectivity index (χ1n) is 7.39. The normalized spacial score (nSPS) is 33.4. The first-order valence-corrected chi connectivity index (χ1v) is 9.50. The van der Waals surface area contributed by atoms with Crippen LogP contribution in [0.3, 0.4) is 0 Å². The Hall–Kier alpha value is -0.880. The number of fused-ring (bicyclic) bond motifs is 2. The molecule has 2 saturated carbocycles. The van der Waals surface area contributed by atoms with Crippen LogP contribution in [0.25, 0.3) is 0 Å². The van der Waals surface area contributed by atoms with Gasteiger partial charge in [0.05, 0.1) is 4.92 Å². The Labute approximate surface area is 142 Å². The summed E-state index contributed by atoms with van der Waals surface area (Å²) in [6.07, 6.45) is 2.82. The Morgan fingerprint density at radius 2 is 2.09 bits per heavy atom. The van der Waals surface area contributed by atoms with Gasteiger partial charge in [-0.1, -0.05) is 22.9 Å². The highest BCUT2D eigenvalue weighted by Crippen LogP contribution is 2.65. The van der Waals surface area contributed by atoms with E-state index in [0.29, 0.717) is 18.1 Å². The highest BCUT2D eigenvalue weighted by atomic mass is 79.9. The average molecular weight is 384 g/mol. The van der Waals surface area contributed by atoms with E-state index >= 15 is 0 Å². The second-order valence-electron chi connectivity index (χ2n) is 6.54. The smallest absolute Gasteiger partial charge is 0.269 e. The molecule has 3 rings (SSSR count). The molecule has 0 aromatic heterocycles. The van der Waals surface area contributed by atoms with E-state index in [1.54, 1.807) is 23.9 Å². The number of halogens is 1. The number of nitro groups is 1. The first-order chi connectivity index (χ1) is 10.4. The number of nitrogens with zero attached hydrogens (tertiary/aromatic N) is 1. The monoisotopic (exact) mass is 383 g/mol. The number of carbonyl (C=O) groups is 1. The van der Waals surface area contributed by atoms with Gasteiger partial charge in [-0.05, 0) is 36.3 Å². The highest BCUT2D eigenvalue weighted by molar-refractivity contribution is 9.09. The Kier molecular flexibility index (Phi) is 4.10. The maximum absolute atomic E-state index is 12.6. The van der Waals surface area contributed by atoms with Crippen molar-refractivity contribution in [2.24, 2.45) is 16.7 Å². The molecule has 0 spiro atoms. The van der Waals surface area contributed by atoms with E-state index in [1.165, 1.54) is 12.1 Å². The molecule has 2 aliphatic carbocycles. The van der Waals surface area contributed by atoms with Crippen molar-refractivity contribution in [3.63, 3.8) is 0 Å². The van der Waals surface area contributed by atoms with E-state index < -0.39 is 4.92 Å². The van der Waals surface area contributed by atoms with Gasteiger partial charge < -0.3 is 0 Å². The minimum Gasteiger partial charge on any atom is -0.299 e. The summed E-state index contributed by atoms with van der Waals surface area (Å²) in [4.78, 5) is 23.9. The lowest BCUT2D eigenvalue weighted by molar-refractivity contribution is -0.384. The largest absolute Gasteiger partial charge is 0.299 e. The summed E-state index contributed by atoms with van der Waals surface area (Å²) in [5.41, 5.74) is -0.100. The SMILES string of the molecule is C[C@@]1(CBr)[C@@H]2CC[C@@]1(CSc1ccc([N+](=O)[O-])cc1)C(=O)C2. The van der Waals surface area contributed by atoms with Crippen LogP contribution < -0.4 is 0 Å². The molecule has 0 heterocycles. The molecule has 6 heteroatoms. The summed E-state index contributed by atoms with van der Waals surface area (Å²) in [6, 6.07) is 6.60. The molecular weight excluding hydrogens is 366 g/mol. The van der Waals surface area contributed by atoms with E-state index in [1.807, 2.05) is 0 Å². The summed E-state index contributed by atoms with van der Waals surface area (Å²) in [5.74, 6) is 1.67. The third kappa shape index (κ3) is 2.22. The molecule has 0 unspecified atom stereocenters. The van der Waals surface area contributed by atoms with E-state index in [-0.39, 0.29) is 16.5 Å². The Morgan fingerprint density at radius 1 is 1.41 bits per heavy atom. The van der Waals surface area contributed by atoms with Crippen LogP contribution in [0, 0.1) is 26.9 Å². The summed E-state index contributed by atoms with van der Waals surface area (Å²) in [5, 5.41) is 11.6. The molecule has 1 aromatic rings. The standard InChI is InChI=1S/C16H18BrNO3S/c1-15(9-17)11-6-7-16(15,14(19)8-11)10-22-13-4-2-12(3-5-13)18(20)21/h2-5,11H,6-10H2,1H3/t11-,15-,16-/m1/s1. The van der Waals surface area contributed by atoms with E-state index in [2.05, 4.69) is 22.9 Å². The molecule has 2 aliphatic rings. The lowest BCUT2D eigenvalue weighted by atomic mass is 9.70. The summed E-state index contributed by atoms with van der Waals surface area (Å²) in [7, 11) is 0. The molecule has 1 aromatic carbocycles. The number of rotatable bonds is 5. The zero-order valence-corrected chi connectivity index (χ0v) is 14.8. The average Bonchev–Trinajstić information content (AvgIpc) is 2.91. The van der Waals surface area contributed by atoms with Gasteiger partial charge in [0, 0.05) is 39.9 Å². The van der Waals surface area contributed by atoms with Crippen molar-refractivity contribution in [1.82, 2.24) is 0 Å². The first kappa shape index (κ1) is 16.0. The van der Waals surface area contributed by atoms with Crippen molar-refractivity contribution in [1.29, 1.82) is 0 Å². The van der Waals surface area contributed by atoms with Gasteiger partial charge in [0.25, 0.3) is 5.69 Å². The van der Waals surface area contributed by atoms with Crippen LogP contribution in [0.4, 0.5) is 5.69 Å². The van der Waals surface area contributed by atoms with Gasteiger partial charge in [0.15, 0.2) is 0 Å². The molecule has 2 bridgehead atoms. The summed E-state index contributed by atoms with van der Waals surface area (Å²) in [6.45, 7) is 2.24. The lowest BCUT2D eigenvalue weighted by Gasteiger charge is -2.38. The van der Waals surface area contributed by atoms with Gasteiger partial charge >= 0.3 is 0 Å². The van der Waals surface area contributed by atoms with Crippen LogP contribution in [-0.4, -0.2) is 21.8 Å². The molecule has 0 N–H and O–H groups in total. The van der Waals surface area contributed by atoms with E-state index in [4.69, 9.17) is 0 Å². The molecule has 3 atom stereocenters. The number of Topliss-reactive ketones (excluding diaryl/α,β-unsaturated/α-hetero) is 1. The molecule has 0 aliphatic heterocycles. The van der Waals surface area contributed by atoms with Crippen molar-refractivity contribution in [2.45, 2.75) is 31.1 Å². The van der Waals surface area contributed by atoms with Crippen molar-refractivity contribution >= 4 is 39.2 Å². The second-order valence-corrected chi connectivity index (χ2v) is 8.15. The summed E-state index contributed by atoms with van der Waals surface area (Å²) >= 11 is 5.28. The predicted molar refractivity (Wildman–Crippen MR) is 90.5 cm³/mol. The van der Waals surface area contributed by atoms with Crippen LogP contribution in [-0.2, 0) is 4.79 Å². The fourth-order valence-electron chi connectivity index (χ4n) is 4.05. The van der Waals surface area contributed by atoms with Crippen LogP contribution in [0.5, 0.6) is 0 Å². The molecule has 2 fully saturated rings. The van der Waals surface area contributed by atoms with E-state index in [0.717, 1.165) is 28.8 Å². The molecule has 0 radical (unpaired) electrons. The molecule has 118 valence electrons. The lowest BCUT2D eigenvalue weighted by Crippen LogP contribution is -2.41. The predicted octanol–water partition coefficient (Wildman–Crippen LogP) is 4.46. The van der Waals surface area contributed by atoms with Crippen molar-refractivity contribution in [3.05, 3.63) is 34.4 Å². The third-order valence-corrected chi connectivity index (χ3v) is 8.10. The van der Waals surface area contributed by atoms with Gasteiger partial charge in [0.1, 0.15) is 5.78 Å². The van der Waals surface area contributed by atoms with Crippen LogP contribution >= 0.6 is 27.7 Å². The summed E-state index contributed by atoms with van der Waals surface area (Å²) < 4.78 is 0. The second kappa shape index (κ2) is 5.64. The molecule has 4 nitrogen and oxygen atoms in total. The number of benzene rings is 1. The van der Waals surface area contributed by atoms with Gasteiger partial charge in [0.2, 0.25) is 0 Å². The van der Waals surface area contributed by atoms with Gasteiger partial charge in [-0.3, -0.25) is 14.9 Å². The number of ketones is 1. The zero-order chi connectivity index (χ0) is 16.0. The number of hydrogen-bond acceptors (Lipinski definition) is 4. The molecular formula is C16H18BrNO3S. The van der Waals surface area contributed by atoms with Gasteiger partial charge in [-0.15, -0.1) is 11.8 Å². The maximum atomic E-state index is 12.6. The van der Waals surface area contributed by atoms with Crippen LogP contribution in [0.2, 0.25) is 0 Å². The molecule has 22 heavy (non-hydrogen) atoms. The number of nitro benzene ring substituents is 1. The highest BCUT2D eigenvalue weighted by Gasteiger charge is 2.65. The molecule has 0 amide bonds. The van der Waals surface area contributed by atoms with Gasteiger partial charge in [-0.2, -0.15) is 0 Å². The number of alkyl halides is 1. The number of non-ortho nitro benzene ring substituents is 1.